The number of likely N-dealkylation sites (tertiary alicyclic amines) is 1. The summed E-state index contributed by atoms with van der Waals surface area (Å²) < 4.78 is 24.3. The van der Waals surface area contributed by atoms with E-state index < -0.39 is 10.0 Å². The van der Waals surface area contributed by atoms with Crippen LogP contribution in [0.2, 0.25) is 0 Å². The molecular weight excluding hydrogens is 274 g/mol. The van der Waals surface area contributed by atoms with Crippen LogP contribution in [0.15, 0.2) is 0 Å². The quantitative estimate of drug-likeness (QED) is 0.669. The third-order valence-electron chi connectivity index (χ3n) is 3.69. The molecule has 1 aliphatic rings. The van der Waals surface area contributed by atoms with Crippen molar-refractivity contribution < 1.29 is 8.42 Å². The van der Waals surface area contributed by atoms with Crippen molar-refractivity contribution in [1.29, 1.82) is 0 Å². The van der Waals surface area contributed by atoms with Crippen molar-refractivity contribution in [3.8, 4) is 0 Å². The van der Waals surface area contributed by atoms with Crippen LogP contribution >= 0.6 is 11.6 Å². The van der Waals surface area contributed by atoms with Crippen LogP contribution < -0.4 is 0 Å². The first-order chi connectivity index (χ1) is 8.36. The second kappa shape index (κ2) is 7.05. The van der Waals surface area contributed by atoms with E-state index in [1.807, 2.05) is 0 Å². The fraction of sp³-hybridized carbons (Fsp3) is 1.00. The van der Waals surface area contributed by atoms with Gasteiger partial charge in [0.05, 0.1) is 0 Å². The van der Waals surface area contributed by atoms with E-state index in [2.05, 4.69) is 23.9 Å². The smallest absolute Gasteiger partial charge is 0.227 e. The number of halogens is 1. The first-order valence-corrected chi connectivity index (χ1v) is 8.40. The zero-order chi connectivity index (χ0) is 13.8. The SMILES string of the molecule is CN1CCC(N(C)CCN(C)S(=O)(=O)CCl)CC1. The van der Waals surface area contributed by atoms with Crippen LogP contribution in [0.1, 0.15) is 12.8 Å². The Kier molecular flexibility index (Phi) is 6.34. The van der Waals surface area contributed by atoms with Gasteiger partial charge in [0, 0.05) is 26.2 Å². The van der Waals surface area contributed by atoms with E-state index in [0.717, 1.165) is 32.5 Å². The van der Waals surface area contributed by atoms with Gasteiger partial charge in [0.1, 0.15) is 5.21 Å². The molecule has 0 aromatic rings. The molecule has 0 unspecified atom stereocenters. The van der Waals surface area contributed by atoms with Crippen molar-refractivity contribution in [3.05, 3.63) is 0 Å². The van der Waals surface area contributed by atoms with Gasteiger partial charge in [0.15, 0.2) is 0 Å². The molecule has 0 radical (unpaired) electrons. The molecule has 1 saturated heterocycles. The molecule has 18 heavy (non-hydrogen) atoms. The molecule has 7 heteroatoms. The summed E-state index contributed by atoms with van der Waals surface area (Å²) in [5.74, 6) is 0. The molecule has 1 rings (SSSR count). The molecule has 0 spiro atoms. The van der Waals surface area contributed by atoms with Crippen LogP contribution in [-0.4, -0.2) is 81.1 Å². The fourth-order valence-corrected chi connectivity index (χ4v) is 3.17. The third kappa shape index (κ3) is 4.66. The van der Waals surface area contributed by atoms with Gasteiger partial charge in [-0.3, -0.25) is 0 Å². The number of rotatable bonds is 6. The Bertz CT molecular complexity index is 342. The summed E-state index contributed by atoms with van der Waals surface area (Å²) >= 11 is 5.42. The summed E-state index contributed by atoms with van der Waals surface area (Å²) in [6.45, 7) is 3.48. The number of likely N-dealkylation sites (N-methyl/N-ethyl adjacent to an activating group) is 2. The number of nitrogens with zero attached hydrogens (tertiary/aromatic N) is 3. The van der Waals surface area contributed by atoms with E-state index in [0.29, 0.717) is 12.6 Å². The van der Waals surface area contributed by atoms with Crippen molar-refractivity contribution in [2.75, 3.05) is 52.5 Å². The Morgan fingerprint density at radius 2 is 1.78 bits per heavy atom. The number of hydrogen-bond acceptors (Lipinski definition) is 4. The van der Waals surface area contributed by atoms with Gasteiger partial charge >= 0.3 is 0 Å². The van der Waals surface area contributed by atoms with E-state index in [1.54, 1.807) is 7.05 Å². The topological polar surface area (TPSA) is 43.9 Å². The van der Waals surface area contributed by atoms with Crippen LogP contribution in [0.5, 0.6) is 0 Å². The van der Waals surface area contributed by atoms with E-state index in [1.165, 1.54) is 4.31 Å². The molecule has 0 amide bonds. The molecule has 0 saturated carbocycles. The Hall–Kier alpha value is 0.120. The first kappa shape index (κ1) is 16.2. The maximum Gasteiger partial charge on any atom is 0.227 e. The molecule has 1 fully saturated rings. The van der Waals surface area contributed by atoms with E-state index in [4.69, 9.17) is 11.6 Å². The van der Waals surface area contributed by atoms with E-state index in [-0.39, 0.29) is 5.21 Å². The Labute approximate surface area is 116 Å². The van der Waals surface area contributed by atoms with Gasteiger partial charge in [-0.05, 0) is 40.0 Å². The maximum atomic E-state index is 11.5. The molecule has 0 aromatic carbocycles. The van der Waals surface area contributed by atoms with Gasteiger partial charge in [-0.2, -0.15) is 0 Å². The van der Waals surface area contributed by atoms with Crippen molar-refractivity contribution in [2.24, 2.45) is 0 Å². The third-order valence-corrected chi connectivity index (χ3v) is 5.93. The Balaban J connectivity index is 2.35. The average Bonchev–Trinajstić information content (AvgIpc) is 2.36. The lowest BCUT2D eigenvalue weighted by Gasteiger charge is -2.35. The highest BCUT2D eigenvalue weighted by Gasteiger charge is 2.22. The summed E-state index contributed by atoms with van der Waals surface area (Å²) in [5.41, 5.74) is 0. The molecule has 0 atom stereocenters. The normalized spacial score (nSPS) is 19.9. The maximum absolute atomic E-state index is 11.5. The number of hydrogen-bond donors (Lipinski definition) is 0. The minimum Gasteiger partial charge on any atom is -0.306 e. The predicted molar refractivity (Wildman–Crippen MR) is 75.4 cm³/mol. The van der Waals surface area contributed by atoms with Gasteiger partial charge in [-0.25, -0.2) is 12.7 Å². The molecule has 0 N–H and O–H groups in total. The number of sulfonamides is 1. The molecule has 1 aliphatic heterocycles. The molecule has 0 bridgehead atoms. The van der Waals surface area contributed by atoms with E-state index >= 15 is 0 Å². The zero-order valence-corrected chi connectivity index (χ0v) is 13.0. The summed E-state index contributed by atoms with van der Waals surface area (Å²) in [6, 6.07) is 0.563. The van der Waals surface area contributed by atoms with Crippen LogP contribution in [-0.2, 0) is 10.0 Å². The lowest BCUT2D eigenvalue weighted by molar-refractivity contribution is 0.141. The minimum absolute atomic E-state index is 0.346. The van der Waals surface area contributed by atoms with Crippen molar-refractivity contribution in [2.45, 2.75) is 18.9 Å². The highest BCUT2D eigenvalue weighted by atomic mass is 35.5. The molecule has 0 aromatic heterocycles. The van der Waals surface area contributed by atoms with Crippen molar-refractivity contribution >= 4 is 21.6 Å². The molecule has 0 aliphatic carbocycles. The number of alkyl halides is 1. The van der Waals surface area contributed by atoms with Gasteiger partial charge in [0.25, 0.3) is 0 Å². The van der Waals surface area contributed by atoms with Crippen molar-refractivity contribution in [3.63, 3.8) is 0 Å². The van der Waals surface area contributed by atoms with Gasteiger partial charge in [-0.15, -0.1) is 11.6 Å². The standard InChI is InChI=1S/C11H24ClN3O2S/c1-13-6-4-11(5-7-13)14(2)8-9-15(3)18(16,17)10-12/h11H,4-10H2,1-3H3. The summed E-state index contributed by atoms with van der Waals surface area (Å²) in [6.07, 6.45) is 2.30. The Morgan fingerprint density at radius 3 is 2.28 bits per heavy atom. The zero-order valence-electron chi connectivity index (χ0n) is 11.5. The van der Waals surface area contributed by atoms with Crippen LogP contribution in [0.25, 0.3) is 0 Å². The minimum atomic E-state index is -3.27. The van der Waals surface area contributed by atoms with Gasteiger partial charge in [-0.1, -0.05) is 0 Å². The largest absolute Gasteiger partial charge is 0.306 e. The second-order valence-electron chi connectivity index (χ2n) is 5.06. The first-order valence-electron chi connectivity index (χ1n) is 6.25. The lowest BCUT2D eigenvalue weighted by atomic mass is 10.0. The average molecular weight is 298 g/mol. The van der Waals surface area contributed by atoms with Crippen LogP contribution in [0, 0.1) is 0 Å². The fourth-order valence-electron chi connectivity index (χ4n) is 2.14. The molecule has 108 valence electrons. The highest BCUT2D eigenvalue weighted by Crippen LogP contribution is 2.14. The van der Waals surface area contributed by atoms with Gasteiger partial charge < -0.3 is 9.80 Å². The molecular formula is C11H24ClN3O2S. The number of piperidine rings is 1. The van der Waals surface area contributed by atoms with E-state index in [9.17, 15) is 8.42 Å². The van der Waals surface area contributed by atoms with Crippen LogP contribution in [0.3, 0.4) is 0 Å². The summed E-state index contributed by atoms with van der Waals surface area (Å²) in [5, 5.41) is -0.346. The van der Waals surface area contributed by atoms with Crippen molar-refractivity contribution in [1.82, 2.24) is 14.1 Å². The predicted octanol–water partition coefficient (Wildman–Crippen LogP) is 0.470. The molecule has 5 nitrogen and oxygen atoms in total. The summed E-state index contributed by atoms with van der Waals surface area (Å²) in [4.78, 5) is 4.58. The monoisotopic (exact) mass is 297 g/mol. The van der Waals surface area contributed by atoms with Crippen LogP contribution in [0.4, 0.5) is 0 Å². The highest BCUT2D eigenvalue weighted by molar-refractivity contribution is 7.90. The Morgan fingerprint density at radius 1 is 1.22 bits per heavy atom. The second-order valence-corrected chi connectivity index (χ2v) is 7.72. The molecule has 1 heterocycles. The lowest BCUT2D eigenvalue weighted by Crippen LogP contribution is -2.44. The van der Waals surface area contributed by atoms with Gasteiger partial charge in [0.2, 0.25) is 10.0 Å². The summed E-state index contributed by atoms with van der Waals surface area (Å²) in [7, 11) is 2.52.